The summed E-state index contributed by atoms with van der Waals surface area (Å²) in [5.74, 6) is 0.175. The maximum Gasteiger partial charge on any atom is 0.416 e. The van der Waals surface area contributed by atoms with E-state index in [1.807, 2.05) is 43.3 Å². The van der Waals surface area contributed by atoms with E-state index in [0.717, 1.165) is 28.6 Å². The second-order valence-electron chi connectivity index (χ2n) is 10.2. The molecule has 1 heterocycles. The normalized spacial score (nSPS) is 16.6. The monoisotopic (exact) mass is 579 g/mol. The number of nitrogens with one attached hydrogen (secondary N) is 1. The lowest BCUT2D eigenvalue weighted by molar-refractivity contribution is -0.144. The van der Waals surface area contributed by atoms with Crippen LogP contribution in [0.5, 0.6) is 11.5 Å². The lowest BCUT2D eigenvalue weighted by atomic mass is 9.78. The van der Waals surface area contributed by atoms with Crippen molar-refractivity contribution >= 4 is 11.8 Å². The topological polar surface area (TPSA) is 84.9 Å². The number of benzene rings is 3. The van der Waals surface area contributed by atoms with E-state index in [0.29, 0.717) is 23.4 Å². The molecular formula is C33H32F3NO5. The number of rotatable bonds is 5. The van der Waals surface area contributed by atoms with Crippen molar-refractivity contribution in [2.75, 3.05) is 7.11 Å². The molecule has 3 aromatic rings. The predicted molar refractivity (Wildman–Crippen MR) is 152 cm³/mol. The quantitative estimate of drug-likeness (QED) is 0.313. The molecule has 9 heteroatoms. The standard InChI is InChI=1S/C26H24F3NO4.C7H8O/c1-15-19(25(32)34-14-16-7-3-5-9-21(16)26(27,28)29)13-20-22(30-15)11-17(12-23(20)31)18-8-4-6-10-24(18)33-2;1-6-3-2-4-7(8)5-6/h3-10,17,30H,11-14H2,1-2H3;2-5,8H,1H3/t17-;/m1./s1. The van der Waals surface area contributed by atoms with Crippen molar-refractivity contribution in [2.24, 2.45) is 0 Å². The predicted octanol–water partition coefficient (Wildman–Crippen LogP) is 7.13. The molecule has 0 amide bonds. The number of halogens is 3. The molecule has 0 bridgehead atoms. The second-order valence-corrected chi connectivity index (χ2v) is 10.2. The van der Waals surface area contributed by atoms with E-state index in [4.69, 9.17) is 14.6 Å². The van der Waals surface area contributed by atoms with Gasteiger partial charge in [-0.3, -0.25) is 4.79 Å². The summed E-state index contributed by atoms with van der Waals surface area (Å²) in [6, 6.07) is 19.7. The van der Waals surface area contributed by atoms with Gasteiger partial charge in [-0.1, -0.05) is 48.5 Å². The highest BCUT2D eigenvalue weighted by Gasteiger charge is 2.36. The number of carbonyl (C=O) groups excluding carboxylic acids is 2. The second kappa shape index (κ2) is 13.0. The van der Waals surface area contributed by atoms with Crippen molar-refractivity contribution in [3.05, 3.63) is 118 Å². The number of phenolic OH excluding ortho intramolecular Hbond substituents is 1. The number of phenols is 1. The van der Waals surface area contributed by atoms with Crippen molar-refractivity contribution in [3.63, 3.8) is 0 Å². The van der Waals surface area contributed by atoms with E-state index in [2.05, 4.69) is 5.32 Å². The van der Waals surface area contributed by atoms with Crippen LogP contribution in [0, 0.1) is 6.92 Å². The van der Waals surface area contributed by atoms with Crippen LogP contribution < -0.4 is 10.1 Å². The van der Waals surface area contributed by atoms with E-state index >= 15 is 0 Å². The number of hydrogen-bond acceptors (Lipinski definition) is 6. The summed E-state index contributed by atoms with van der Waals surface area (Å²) in [6.45, 7) is 3.13. The number of carbonyl (C=O) groups is 2. The SMILES string of the molecule is COc1ccccc1[C@H]1CC(=O)C2=C(C1)NC(C)=C(C(=O)OCc1ccccc1C(F)(F)F)C2.Cc1cccc(O)c1. The molecule has 0 saturated heterocycles. The van der Waals surface area contributed by atoms with Crippen molar-refractivity contribution in [1.29, 1.82) is 0 Å². The van der Waals surface area contributed by atoms with E-state index in [-0.39, 0.29) is 35.7 Å². The lowest BCUT2D eigenvalue weighted by Gasteiger charge is -2.32. The van der Waals surface area contributed by atoms with Crippen LogP contribution in [0.25, 0.3) is 0 Å². The Hall–Kier alpha value is -4.53. The van der Waals surface area contributed by atoms with E-state index in [1.54, 1.807) is 26.2 Å². The maximum atomic E-state index is 13.2. The smallest absolute Gasteiger partial charge is 0.416 e. The molecule has 0 radical (unpaired) electrons. The van der Waals surface area contributed by atoms with Gasteiger partial charge in [-0.05, 0) is 55.7 Å². The molecule has 1 aliphatic carbocycles. The summed E-state index contributed by atoms with van der Waals surface area (Å²) in [7, 11) is 1.59. The third-order valence-corrected chi connectivity index (χ3v) is 7.24. The molecule has 0 spiro atoms. The third-order valence-electron chi connectivity index (χ3n) is 7.24. The fourth-order valence-electron chi connectivity index (χ4n) is 5.13. The Morgan fingerprint density at radius 3 is 2.38 bits per heavy atom. The molecule has 1 aliphatic heterocycles. The highest BCUT2D eigenvalue weighted by atomic mass is 19.4. The fraction of sp³-hybridized carbons (Fsp3) is 0.273. The van der Waals surface area contributed by atoms with Crippen molar-refractivity contribution in [1.82, 2.24) is 5.32 Å². The van der Waals surface area contributed by atoms with Crippen LogP contribution in [0.15, 0.2) is 95.3 Å². The number of dihydropyridines is 1. The molecule has 5 rings (SSSR count). The van der Waals surface area contributed by atoms with Gasteiger partial charge in [-0.15, -0.1) is 0 Å². The van der Waals surface area contributed by atoms with Crippen LogP contribution in [0.1, 0.15) is 54.4 Å². The van der Waals surface area contributed by atoms with Gasteiger partial charge in [0.2, 0.25) is 0 Å². The Bertz CT molecular complexity index is 1520. The van der Waals surface area contributed by atoms with Gasteiger partial charge in [0.05, 0.1) is 18.2 Å². The number of allylic oxidation sites excluding steroid dienone is 3. The molecule has 6 nitrogen and oxygen atoms in total. The summed E-state index contributed by atoms with van der Waals surface area (Å²) in [5.41, 5.74) is 3.10. The number of para-hydroxylation sites is 1. The van der Waals surface area contributed by atoms with Gasteiger partial charge in [-0.2, -0.15) is 13.2 Å². The van der Waals surface area contributed by atoms with E-state index in [9.17, 15) is 22.8 Å². The molecule has 0 saturated carbocycles. The van der Waals surface area contributed by atoms with Crippen LogP contribution in [-0.2, 0) is 27.1 Å². The number of hydrogen-bond donors (Lipinski definition) is 2. The number of ether oxygens (including phenoxy) is 2. The number of ketones is 1. The van der Waals surface area contributed by atoms with Crippen LogP contribution in [0.4, 0.5) is 13.2 Å². The number of aromatic hydroxyl groups is 1. The zero-order valence-corrected chi connectivity index (χ0v) is 23.5. The minimum Gasteiger partial charge on any atom is -0.508 e. The van der Waals surface area contributed by atoms with Gasteiger partial charge in [0.15, 0.2) is 5.78 Å². The molecule has 0 fully saturated rings. The summed E-state index contributed by atoms with van der Waals surface area (Å²) in [6.07, 6.45) is -3.59. The van der Waals surface area contributed by atoms with Crippen LogP contribution in [0.2, 0.25) is 0 Å². The minimum absolute atomic E-state index is 0.0601. The fourth-order valence-corrected chi connectivity index (χ4v) is 5.13. The lowest BCUT2D eigenvalue weighted by Crippen LogP contribution is -2.31. The first-order chi connectivity index (χ1) is 20.0. The first-order valence-electron chi connectivity index (χ1n) is 13.4. The summed E-state index contributed by atoms with van der Waals surface area (Å²) in [5, 5.41) is 12.0. The number of Topliss-reactive ketones (excluding diaryl/α,β-unsaturated/α-hetero) is 1. The number of methoxy groups -OCH3 is 1. The van der Waals surface area contributed by atoms with Crippen molar-refractivity contribution in [2.45, 2.75) is 51.8 Å². The Kier molecular flexibility index (Phi) is 9.40. The van der Waals surface area contributed by atoms with Gasteiger partial charge in [0.25, 0.3) is 0 Å². The largest absolute Gasteiger partial charge is 0.508 e. The van der Waals surface area contributed by atoms with Crippen LogP contribution in [0.3, 0.4) is 0 Å². The molecule has 0 unspecified atom stereocenters. The van der Waals surface area contributed by atoms with Gasteiger partial charge < -0.3 is 19.9 Å². The Morgan fingerprint density at radius 1 is 1.00 bits per heavy atom. The summed E-state index contributed by atoms with van der Waals surface area (Å²) >= 11 is 0. The highest BCUT2D eigenvalue weighted by Crippen LogP contribution is 2.41. The van der Waals surface area contributed by atoms with Gasteiger partial charge in [-0.25, -0.2) is 4.79 Å². The Balaban J connectivity index is 0.000000437. The minimum atomic E-state index is -4.54. The van der Waals surface area contributed by atoms with Gasteiger partial charge >= 0.3 is 12.1 Å². The Labute approximate surface area is 242 Å². The molecule has 1 atom stereocenters. The van der Waals surface area contributed by atoms with E-state index < -0.39 is 24.3 Å². The van der Waals surface area contributed by atoms with Crippen LogP contribution in [-0.4, -0.2) is 24.0 Å². The summed E-state index contributed by atoms with van der Waals surface area (Å²) < 4.78 is 50.3. The maximum absolute atomic E-state index is 13.2. The Morgan fingerprint density at radius 2 is 1.71 bits per heavy atom. The first kappa shape index (κ1) is 30.4. The molecule has 2 N–H and O–H groups in total. The molecule has 220 valence electrons. The van der Waals surface area contributed by atoms with E-state index in [1.165, 1.54) is 18.2 Å². The number of esters is 1. The number of alkyl halides is 3. The molecule has 42 heavy (non-hydrogen) atoms. The van der Waals surface area contributed by atoms with Crippen molar-refractivity contribution < 1.29 is 37.3 Å². The van der Waals surface area contributed by atoms with Crippen LogP contribution >= 0.6 is 0 Å². The molecule has 3 aromatic carbocycles. The summed E-state index contributed by atoms with van der Waals surface area (Å²) in [4.78, 5) is 25.7. The first-order valence-corrected chi connectivity index (χ1v) is 13.4. The zero-order valence-electron chi connectivity index (χ0n) is 23.5. The van der Waals surface area contributed by atoms with Crippen molar-refractivity contribution in [3.8, 4) is 11.5 Å². The highest BCUT2D eigenvalue weighted by molar-refractivity contribution is 6.01. The number of aryl methyl sites for hydroxylation is 1. The average molecular weight is 580 g/mol. The molecular weight excluding hydrogens is 547 g/mol. The average Bonchev–Trinajstić information content (AvgIpc) is 2.95. The third kappa shape index (κ3) is 7.21. The molecule has 0 aromatic heterocycles. The zero-order chi connectivity index (χ0) is 30.4. The van der Waals surface area contributed by atoms with Gasteiger partial charge in [0.1, 0.15) is 18.1 Å². The van der Waals surface area contributed by atoms with Gasteiger partial charge in [0, 0.05) is 41.3 Å². The molecule has 2 aliphatic rings.